The normalized spacial score (nSPS) is 11.5. The summed E-state index contributed by atoms with van der Waals surface area (Å²) in [6, 6.07) is 7.49. The van der Waals surface area contributed by atoms with Gasteiger partial charge in [-0.3, -0.25) is 4.79 Å². The minimum absolute atomic E-state index is 0.0874. The van der Waals surface area contributed by atoms with Crippen molar-refractivity contribution in [3.8, 4) is 5.75 Å². The fourth-order valence-corrected chi connectivity index (χ4v) is 1.34. The summed E-state index contributed by atoms with van der Waals surface area (Å²) in [5.74, 6) is 1.06. The third kappa shape index (κ3) is 4.56. The van der Waals surface area contributed by atoms with Crippen LogP contribution in [0.5, 0.6) is 5.75 Å². The topological polar surface area (TPSA) is 50.4 Å². The number of para-hydroxylation sites is 2. The van der Waals surface area contributed by atoms with Gasteiger partial charge in [0.2, 0.25) is 5.91 Å². The van der Waals surface area contributed by atoms with Crippen LogP contribution >= 0.6 is 0 Å². The highest BCUT2D eigenvalue weighted by Crippen LogP contribution is 2.25. The lowest BCUT2D eigenvalue weighted by Gasteiger charge is -2.23. The molecule has 0 bridgehead atoms. The Morgan fingerprint density at radius 2 is 1.95 bits per heavy atom. The minimum Gasteiger partial charge on any atom is -0.491 e. The molecule has 106 valence electrons. The molecule has 1 aromatic rings. The highest BCUT2D eigenvalue weighted by Gasteiger charge is 2.25. The first-order chi connectivity index (χ1) is 8.86. The van der Waals surface area contributed by atoms with Crippen LogP contribution in [0.3, 0.4) is 0 Å². The lowest BCUT2D eigenvalue weighted by atomic mass is 10.1. The van der Waals surface area contributed by atoms with Crippen molar-refractivity contribution in [1.82, 2.24) is 5.32 Å². The van der Waals surface area contributed by atoms with Crippen LogP contribution < -0.4 is 15.4 Å². The number of nitrogens with one attached hydrogen (secondary N) is 2. The number of benzene rings is 1. The number of hydrogen-bond acceptors (Lipinski definition) is 3. The number of anilines is 1. The van der Waals surface area contributed by atoms with Gasteiger partial charge < -0.3 is 15.4 Å². The Bertz CT molecular complexity index is 428. The molecule has 1 rings (SSSR count). The molecule has 0 aromatic heterocycles. The van der Waals surface area contributed by atoms with E-state index < -0.39 is 5.54 Å². The lowest BCUT2D eigenvalue weighted by molar-refractivity contribution is -0.121. The van der Waals surface area contributed by atoms with Crippen molar-refractivity contribution in [2.45, 2.75) is 33.2 Å². The maximum Gasteiger partial charge on any atom is 0.244 e. The predicted octanol–water partition coefficient (Wildman–Crippen LogP) is 2.66. The summed E-state index contributed by atoms with van der Waals surface area (Å²) in [7, 11) is 1.76. The number of rotatable bonds is 6. The first-order valence-electron chi connectivity index (χ1n) is 6.59. The van der Waals surface area contributed by atoms with Gasteiger partial charge in [0.15, 0.2) is 0 Å². The van der Waals surface area contributed by atoms with Crippen LogP contribution in [0.15, 0.2) is 24.3 Å². The van der Waals surface area contributed by atoms with Crippen molar-refractivity contribution in [1.29, 1.82) is 0 Å². The van der Waals surface area contributed by atoms with Crippen LogP contribution in [0, 0.1) is 5.92 Å². The molecule has 2 N–H and O–H groups in total. The van der Waals surface area contributed by atoms with E-state index in [4.69, 9.17) is 4.74 Å². The summed E-state index contributed by atoms with van der Waals surface area (Å²) in [5, 5.41) is 5.88. The summed E-state index contributed by atoms with van der Waals surface area (Å²) in [6.45, 7) is 8.47. The molecule has 4 nitrogen and oxygen atoms in total. The highest BCUT2D eigenvalue weighted by atomic mass is 16.5. The lowest BCUT2D eigenvalue weighted by Crippen LogP contribution is -2.47. The zero-order chi connectivity index (χ0) is 14.5. The molecule has 0 aliphatic rings. The summed E-state index contributed by atoms with van der Waals surface area (Å²) < 4.78 is 5.71. The Hall–Kier alpha value is -1.55. The molecule has 0 aliphatic carbocycles. The fraction of sp³-hybridized carbons (Fsp3) is 0.533. The molecule has 4 heteroatoms. The van der Waals surface area contributed by atoms with E-state index in [1.807, 2.05) is 38.1 Å². The van der Waals surface area contributed by atoms with Gasteiger partial charge in [0.1, 0.15) is 5.75 Å². The van der Waals surface area contributed by atoms with Gasteiger partial charge in [-0.05, 0) is 38.9 Å². The van der Waals surface area contributed by atoms with Gasteiger partial charge in [0, 0.05) is 0 Å². The number of hydrogen-bond donors (Lipinski definition) is 2. The number of likely N-dealkylation sites (N-methyl/N-ethyl adjacent to an activating group) is 1. The molecule has 0 unspecified atom stereocenters. The summed E-state index contributed by atoms with van der Waals surface area (Å²) in [6.07, 6.45) is 0. The zero-order valence-electron chi connectivity index (χ0n) is 12.4. The van der Waals surface area contributed by atoms with Gasteiger partial charge in [0.05, 0.1) is 17.8 Å². The Kier molecular flexibility index (Phi) is 5.36. The maximum absolute atomic E-state index is 12.1. The molecule has 0 saturated carbocycles. The van der Waals surface area contributed by atoms with Crippen LogP contribution in [-0.4, -0.2) is 25.1 Å². The van der Waals surface area contributed by atoms with E-state index in [1.54, 1.807) is 7.05 Å². The standard InChI is InChI=1S/C15H24N2O2/c1-11(2)10-19-13-9-7-6-8-12(13)17-14(18)15(3,4)16-5/h6-9,11,16H,10H2,1-5H3,(H,17,18). The Morgan fingerprint density at radius 3 is 2.53 bits per heavy atom. The van der Waals surface area contributed by atoms with E-state index >= 15 is 0 Å². The van der Waals surface area contributed by atoms with E-state index in [9.17, 15) is 4.79 Å². The van der Waals surface area contributed by atoms with Crippen molar-refractivity contribution in [3.05, 3.63) is 24.3 Å². The molecule has 0 spiro atoms. The van der Waals surface area contributed by atoms with Gasteiger partial charge in [-0.2, -0.15) is 0 Å². The molecule has 0 aliphatic heterocycles. The van der Waals surface area contributed by atoms with Gasteiger partial charge in [-0.1, -0.05) is 26.0 Å². The second kappa shape index (κ2) is 6.57. The van der Waals surface area contributed by atoms with E-state index in [2.05, 4.69) is 24.5 Å². The van der Waals surface area contributed by atoms with Crippen molar-refractivity contribution >= 4 is 11.6 Å². The van der Waals surface area contributed by atoms with Gasteiger partial charge in [-0.15, -0.1) is 0 Å². The monoisotopic (exact) mass is 264 g/mol. The molecule has 0 radical (unpaired) electrons. The molecule has 0 saturated heterocycles. The van der Waals surface area contributed by atoms with Crippen molar-refractivity contribution in [2.24, 2.45) is 5.92 Å². The average Bonchev–Trinajstić information content (AvgIpc) is 2.37. The number of amides is 1. The summed E-state index contributed by atoms with van der Waals surface area (Å²) in [5.41, 5.74) is 0.0852. The Labute approximate surface area is 115 Å². The summed E-state index contributed by atoms with van der Waals surface area (Å²) in [4.78, 5) is 12.1. The molecule has 0 fully saturated rings. The SMILES string of the molecule is CNC(C)(C)C(=O)Nc1ccccc1OCC(C)C. The fourth-order valence-electron chi connectivity index (χ4n) is 1.34. The highest BCUT2D eigenvalue weighted by molar-refractivity contribution is 5.98. The molecule has 0 atom stereocenters. The quantitative estimate of drug-likeness (QED) is 0.830. The number of carbonyl (C=O) groups is 1. The smallest absolute Gasteiger partial charge is 0.244 e. The largest absolute Gasteiger partial charge is 0.491 e. The molecule has 0 heterocycles. The third-order valence-corrected chi connectivity index (χ3v) is 2.90. The minimum atomic E-state index is -0.620. The third-order valence-electron chi connectivity index (χ3n) is 2.90. The van der Waals surface area contributed by atoms with E-state index in [0.29, 0.717) is 24.0 Å². The molecular weight excluding hydrogens is 240 g/mol. The first-order valence-corrected chi connectivity index (χ1v) is 6.59. The average molecular weight is 264 g/mol. The van der Waals surface area contributed by atoms with Crippen LogP contribution in [0.4, 0.5) is 5.69 Å². The van der Waals surface area contributed by atoms with Crippen LogP contribution in [0.2, 0.25) is 0 Å². The summed E-state index contributed by atoms with van der Waals surface area (Å²) >= 11 is 0. The number of carbonyl (C=O) groups excluding carboxylic acids is 1. The van der Waals surface area contributed by atoms with Gasteiger partial charge in [-0.25, -0.2) is 0 Å². The molecular formula is C15H24N2O2. The van der Waals surface area contributed by atoms with Crippen molar-refractivity contribution in [3.63, 3.8) is 0 Å². The van der Waals surface area contributed by atoms with Crippen molar-refractivity contribution < 1.29 is 9.53 Å². The second-order valence-electron chi connectivity index (χ2n) is 5.53. The molecule has 19 heavy (non-hydrogen) atoms. The molecule has 1 aromatic carbocycles. The van der Waals surface area contributed by atoms with Gasteiger partial charge >= 0.3 is 0 Å². The van der Waals surface area contributed by atoms with Crippen molar-refractivity contribution in [2.75, 3.05) is 19.0 Å². The van der Waals surface area contributed by atoms with Crippen LogP contribution in [0.25, 0.3) is 0 Å². The van der Waals surface area contributed by atoms with E-state index in [0.717, 1.165) is 0 Å². The number of ether oxygens (including phenoxy) is 1. The second-order valence-corrected chi connectivity index (χ2v) is 5.53. The molecule has 1 amide bonds. The van der Waals surface area contributed by atoms with Gasteiger partial charge in [0.25, 0.3) is 0 Å². The van der Waals surface area contributed by atoms with Crippen LogP contribution in [0.1, 0.15) is 27.7 Å². The first kappa shape index (κ1) is 15.5. The van der Waals surface area contributed by atoms with E-state index in [1.165, 1.54) is 0 Å². The zero-order valence-corrected chi connectivity index (χ0v) is 12.4. The predicted molar refractivity (Wildman–Crippen MR) is 78.5 cm³/mol. The van der Waals surface area contributed by atoms with Crippen LogP contribution in [-0.2, 0) is 4.79 Å². The van der Waals surface area contributed by atoms with E-state index in [-0.39, 0.29) is 5.91 Å². The maximum atomic E-state index is 12.1. The Balaban J connectivity index is 2.80. The Morgan fingerprint density at radius 1 is 1.32 bits per heavy atom.